The fraction of sp³-hybridized carbons (Fsp3) is 0. The summed E-state index contributed by atoms with van der Waals surface area (Å²) in [5, 5.41) is 0. The van der Waals surface area contributed by atoms with Crippen molar-refractivity contribution >= 4 is 62.8 Å². The van der Waals surface area contributed by atoms with E-state index < -0.39 is 0 Å². The molecule has 0 aromatic carbocycles. The van der Waals surface area contributed by atoms with Crippen molar-refractivity contribution in [1.29, 1.82) is 0 Å². The Labute approximate surface area is 106 Å². The molecule has 0 spiro atoms. The van der Waals surface area contributed by atoms with Crippen molar-refractivity contribution in [2.45, 2.75) is 0 Å². The van der Waals surface area contributed by atoms with E-state index in [1.54, 1.807) is 0 Å². The molecule has 0 N–H and O–H groups in total. The maximum atomic E-state index is 8.30. The van der Waals surface area contributed by atoms with E-state index in [9.17, 15) is 0 Å². The Morgan fingerprint density at radius 1 is 1.20 bits per heavy atom. The van der Waals surface area contributed by atoms with Gasteiger partial charge in [0.2, 0.25) is 0 Å². The van der Waals surface area contributed by atoms with Crippen molar-refractivity contribution < 1.29 is 46.0 Å². The predicted octanol–water partition coefficient (Wildman–Crippen LogP) is -2.22. The van der Waals surface area contributed by atoms with Crippen molar-refractivity contribution in [3.05, 3.63) is 0 Å². The molecule has 0 aliphatic rings. The first kappa shape index (κ1) is 24.0. The summed E-state index contributed by atoms with van der Waals surface area (Å²) in [7, 11) is 0. The number of rotatable bonds is 0. The molecule has 0 saturated heterocycles. The fourth-order valence-electron chi connectivity index (χ4n) is 0. The molecule has 0 unspecified atom stereocenters. The molecule has 0 bridgehead atoms. The maximum Gasteiger partial charge on any atom is 0 e. The maximum absolute atomic E-state index is 8.30. The van der Waals surface area contributed by atoms with Crippen LogP contribution in [0, 0.1) is 0 Å². The van der Waals surface area contributed by atoms with Crippen LogP contribution in [0.25, 0.3) is 0 Å². The van der Waals surface area contributed by atoms with Gasteiger partial charge < -0.3 is 0 Å². The average Bonchev–Trinajstić information content (AvgIpc) is 1.00. The van der Waals surface area contributed by atoms with Gasteiger partial charge in [0.05, 0.1) is 0 Å². The van der Waals surface area contributed by atoms with Crippen molar-refractivity contribution in [3.8, 4) is 0 Å². The smallest absolute Gasteiger partial charge is 0 e. The molecular formula is H5AlNbOSrTi. The van der Waals surface area contributed by atoms with Crippen LogP contribution in [-0.4, -0.2) is 62.8 Å². The van der Waals surface area contributed by atoms with Crippen molar-refractivity contribution in [3.63, 3.8) is 0 Å². The van der Waals surface area contributed by atoms with E-state index in [0.717, 1.165) is 0 Å². The number of hydrogen-bond acceptors (Lipinski definition) is 1. The molecule has 0 atom stereocenters. The third kappa shape index (κ3) is 18.9. The molecule has 0 aliphatic carbocycles. The summed E-state index contributed by atoms with van der Waals surface area (Å²) in [4.78, 5) is 0. The van der Waals surface area contributed by atoms with Crippen LogP contribution in [0.5, 0.6) is 0 Å². The van der Waals surface area contributed by atoms with Crippen LogP contribution in [0.3, 0.4) is 0 Å². The third-order valence-electron chi connectivity index (χ3n) is 0. The summed E-state index contributed by atoms with van der Waals surface area (Å²) < 4.78 is 8.30. The summed E-state index contributed by atoms with van der Waals surface area (Å²) in [5.74, 6) is 0. The van der Waals surface area contributed by atoms with Gasteiger partial charge in [-0.05, 0) is 0 Å². The topological polar surface area (TPSA) is 17.1 Å². The minimum absolute atomic E-state index is 0. The van der Waals surface area contributed by atoms with Gasteiger partial charge >= 0.3 is 69.8 Å². The molecule has 0 aliphatic heterocycles. The Morgan fingerprint density at radius 2 is 1.20 bits per heavy atom. The molecule has 5 heteroatoms. The van der Waals surface area contributed by atoms with E-state index in [0.29, 0.717) is 21.0 Å². The van der Waals surface area contributed by atoms with Gasteiger partial charge in [0.25, 0.3) is 0 Å². The summed E-state index contributed by atoms with van der Waals surface area (Å²) in [6.07, 6.45) is 0. The van der Waals surface area contributed by atoms with E-state index in [2.05, 4.69) is 0 Å². The molecule has 0 fully saturated rings. The van der Waals surface area contributed by atoms with Crippen LogP contribution in [0.4, 0.5) is 0 Å². The predicted molar refractivity (Wildman–Crippen MR) is 19.2 cm³/mol. The van der Waals surface area contributed by atoms with Crippen LogP contribution in [0.2, 0.25) is 0 Å². The molecule has 0 radical (unpaired) electrons. The van der Waals surface area contributed by atoms with Gasteiger partial charge in [-0.1, -0.05) is 0 Å². The molecule has 0 aromatic rings. The summed E-state index contributed by atoms with van der Waals surface area (Å²) >= 11 is 0.500. The molecule has 0 saturated carbocycles. The van der Waals surface area contributed by atoms with E-state index in [1.165, 1.54) is 0 Å². The van der Waals surface area contributed by atoms with Crippen molar-refractivity contribution in [2.75, 3.05) is 0 Å². The first-order chi connectivity index (χ1) is 1.00. The van der Waals surface area contributed by atoms with E-state index in [4.69, 9.17) is 3.25 Å². The minimum Gasteiger partial charge on any atom is 0 e. The second-order valence-electron chi connectivity index (χ2n) is 0. The second kappa shape index (κ2) is 26.7. The zero-order valence-electron chi connectivity index (χ0n) is 1.36. The normalized spacial score (nSPS) is 0.600. The quantitative estimate of drug-likeness (QED) is 0.458. The van der Waals surface area contributed by atoms with Crippen molar-refractivity contribution in [1.82, 2.24) is 0 Å². The van der Waals surface area contributed by atoms with E-state index >= 15 is 0 Å². The van der Waals surface area contributed by atoms with E-state index in [-0.39, 0.29) is 84.6 Å². The molecule has 5 heavy (non-hydrogen) atoms. The Morgan fingerprint density at radius 3 is 1.20 bits per heavy atom. The zero-order chi connectivity index (χ0) is 2.00. The Kier molecular flexibility index (Phi) is 128. The molecule has 1 nitrogen and oxygen atoms in total. The average molecular weight is 276 g/mol. The summed E-state index contributed by atoms with van der Waals surface area (Å²) in [5.41, 5.74) is 0. The molecule has 25 valence electrons. The second-order valence-corrected chi connectivity index (χ2v) is 0. The molecular weight excluding hydrogens is 271 g/mol. The zero-order valence-corrected chi connectivity index (χ0v) is 5.12. The first-order valence-electron chi connectivity index (χ1n) is 0.183. The molecule has 0 rings (SSSR count). The Balaban J connectivity index is -0.00000000167. The molecule has 0 aromatic heterocycles. The minimum atomic E-state index is 0. The molecule has 0 amide bonds. The van der Waals surface area contributed by atoms with Gasteiger partial charge in [0.1, 0.15) is 0 Å². The standard InChI is InChI=1S/Al.Nb.O.Sr.Ti.5H. The number of hydrogen-bond donors (Lipinski definition) is 0. The monoisotopic (exact) mass is 277 g/mol. The van der Waals surface area contributed by atoms with Crippen LogP contribution in [0.1, 0.15) is 0 Å². The Bertz CT molecular complexity index is 11.6. The van der Waals surface area contributed by atoms with Crippen LogP contribution in [0.15, 0.2) is 0 Å². The van der Waals surface area contributed by atoms with Crippen molar-refractivity contribution in [2.24, 2.45) is 0 Å². The van der Waals surface area contributed by atoms with E-state index in [1.807, 2.05) is 0 Å². The first-order valence-corrected chi connectivity index (χ1v) is 1.08. The van der Waals surface area contributed by atoms with Gasteiger partial charge in [0, 0.05) is 21.7 Å². The van der Waals surface area contributed by atoms with Crippen LogP contribution < -0.4 is 0 Å². The van der Waals surface area contributed by atoms with Gasteiger partial charge in [-0.15, -0.1) is 0 Å². The summed E-state index contributed by atoms with van der Waals surface area (Å²) in [6.45, 7) is 0. The third-order valence-corrected chi connectivity index (χ3v) is 0. The van der Waals surface area contributed by atoms with Gasteiger partial charge in [-0.25, -0.2) is 0 Å². The molecule has 0 heterocycles. The van der Waals surface area contributed by atoms with Gasteiger partial charge in [-0.3, -0.25) is 0 Å². The van der Waals surface area contributed by atoms with Gasteiger partial charge in [0.15, 0.2) is 17.4 Å². The largest absolute Gasteiger partial charge is 0 e. The summed E-state index contributed by atoms with van der Waals surface area (Å²) in [6, 6.07) is 0. The Hall–Kier alpha value is 3.27. The van der Waals surface area contributed by atoms with Crippen LogP contribution in [-0.2, 0) is 46.0 Å². The fourth-order valence-corrected chi connectivity index (χ4v) is 0. The van der Waals surface area contributed by atoms with Gasteiger partial charge in [-0.2, -0.15) is 0 Å². The van der Waals surface area contributed by atoms with Crippen LogP contribution >= 0.6 is 0 Å². The SMILES string of the molecule is [AlH3].[O]=[Nb].[SrH2].[Ti].